The lowest BCUT2D eigenvalue weighted by Crippen LogP contribution is -2.26. The minimum atomic E-state index is 0.420. The van der Waals surface area contributed by atoms with Gasteiger partial charge in [-0.1, -0.05) is 42.5 Å². The lowest BCUT2D eigenvalue weighted by atomic mass is 9.87. The van der Waals surface area contributed by atoms with E-state index in [0.29, 0.717) is 11.9 Å². The van der Waals surface area contributed by atoms with Crippen LogP contribution in [0.15, 0.2) is 41.5 Å². The maximum absolute atomic E-state index is 4.98. The average molecular weight is 447 g/mol. The fourth-order valence-corrected chi connectivity index (χ4v) is 4.79. The number of benzene rings is 1. The smallest absolute Gasteiger partial charge is 0.161 e. The van der Waals surface area contributed by atoms with Crippen LogP contribution >= 0.6 is 11.3 Å². The van der Waals surface area contributed by atoms with Gasteiger partial charge in [0.1, 0.15) is 10.8 Å². The molecule has 0 atom stereocenters. The maximum atomic E-state index is 4.98. The highest BCUT2D eigenvalue weighted by Crippen LogP contribution is 2.33. The van der Waals surface area contributed by atoms with Crippen LogP contribution in [0.3, 0.4) is 0 Å². The van der Waals surface area contributed by atoms with Crippen molar-refractivity contribution in [1.82, 2.24) is 20.2 Å². The van der Waals surface area contributed by atoms with Crippen molar-refractivity contribution in [2.75, 3.05) is 12.4 Å². The summed E-state index contributed by atoms with van der Waals surface area (Å²) in [4.78, 5) is 13.9. The molecule has 6 nitrogen and oxygen atoms in total. The first-order valence-corrected chi connectivity index (χ1v) is 12.0. The third kappa shape index (κ3) is 5.10. The molecule has 32 heavy (non-hydrogen) atoms. The number of aryl methyl sites for hydroxylation is 1. The molecule has 1 aliphatic rings. The van der Waals surface area contributed by atoms with E-state index in [1.54, 1.807) is 18.4 Å². The van der Waals surface area contributed by atoms with Crippen molar-refractivity contribution in [3.63, 3.8) is 0 Å². The van der Waals surface area contributed by atoms with E-state index in [1.807, 2.05) is 32.3 Å². The molecule has 3 aromatic rings. The first-order chi connectivity index (χ1) is 15.6. The van der Waals surface area contributed by atoms with Gasteiger partial charge in [-0.3, -0.25) is 4.99 Å². The molecule has 0 spiro atoms. The lowest BCUT2D eigenvalue weighted by Gasteiger charge is -2.28. The zero-order valence-electron chi connectivity index (χ0n) is 19.2. The fourth-order valence-electron chi connectivity index (χ4n) is 4.08. The Bertz CT molecular complexity index is 1120. The molecular formula is C25H30N6S. The number of rotatable bonds is 6. The van der Waals surface area contributed by atoms with Crippen LogP contribution in [-0.2, 0) is 0 Å². The lowest BCUT2D eigenvalue weighted by molar-refractivity contribution is 0.361. The Morgan fingerprint density at radius 2 is 2.00 bits per heavy atom. The zero-order valence-corrected chi connectivity index (χ0v) is 20.0. The molecule has 1 aliphatic carbocycles. The molecule has 166 valence electrons. The highest BCUT2D eigenvalue weighted by molar-refractivity contribution is 7.14. The van der Waals surface area contributed by atoms with Gasteiger partial charge < -0.3 is 5.32 Å². The van der Waals surface area contributed by atoms with Gasteiger partial charge in [-0.2, -0.15) is 0 Å². The summed E-state index contributed by atoms with van der Waals surface area (Å²) >= 11 is 1.57. The van der Waals surface area contributed by atoms with Crippen LogP contribution in [0.2, 0.25) is 0 Å². The van der Waals surface area contributed by atoms with Crippen molar-refractivity contribution in [3.8, 4) is 22.0 Å². The second-order valence-electron chi connectivity index (χ2n) is 8.40. The number of hydrogen-bond acceptors (Lipinski definition) is 7. The number of aromatic nitrogens is 4. The van der Waals surface area contributed by atoms with E-state index >= 15 is 0 Å². The van der Waals surface area contributed by atoms with Gasteiger partial charge in [0.25, 0.3) is 0 Å². The maximum Gasteiger partial charge on any atom is 0.161 e. The molecule has 0 aliphatic heterocycles. The van der Waals surface area contributed by atoms with Gasteiger partial charge in [0.05, 0.1) is 5.56 Å². The van der Waals surface area contributed by atoms with Gasteiger partial charge >= 0.3 is 0 Å². The van der Waals surface area contributed by atoms with E-state index in [2.05, 4.69) is 51.7 Å². The van der Waals surface area contributed by atoms with Gasteiger partial charge in [0, 0.05) is 31.1 Å². The molecule has 1 N–H and O–H groups in total. The molecule has 4 rings (SSSR count). The molecule has 0 saturated heterocycles. The second-order valence-corrected chi connectivity index (χ2v) is 9.58. The predicted molar refractivity (Wildman–Crippen MR) is 134 cm³/mol. The summed E-state index contributed by atoms with van der Waals surface area (Å²) in [7, 11) is 1.79. The van der Waals surface area contributed by atoms with Crippen molar-refractivity contribution in [2.24, 2.45) is 10.9 Å². The molecule has 1 aromatic carbocycles. The largest absolute Gasteiger partial charge is 0.367 e. The monoisotopic (exact) mass is 446 g/mol. The molecule has 1 fully saturated rings. The number of aliphatic imine (C=N–C) groups is 1. The number of nitrogens with one attached hydrogen (secondary N) is 1. The molecule has 0 bridgehead atoms. The number of hydrogen-bond donors (Lipinski definition) is 1. The van der Waals surface area contributed by atoms with E-state index < -0.39 is 0 Å². The summed E-state index contributed by atoms with van der Waals surface area (Å²) in [5, 5.41) is 14.0. The van der Waals surface area contributed by atoms with Gasteiger partial charge in [-0.05, 0) is 62.7 Å². The van der Waals surface area contributed by atoms with Crippen molar-refractivity contribution >= 4 is 28.9 Å². The molecule has 0 unspecified atom stereocenters. The van der Waals surface area contributed by atoms with Crippen LogP contribution < -0.4 is 5.32 Å². The van der Waals surface area contributed by atoms with Gasteiger partial charge in [-0.25, -0.2) is 9.97 Å². The normalized spacial score (nSPS) is 19.4. The Hall–Kier alpha value is -2.93. The van der Waals surface area contributed by atoms with Crippen molar-refractivity contribution < 1.29 is 0 Å². The average Bonchev–Trinajstić information content (AvgIpc) is 3.25. The Morgan fingerprint density at radius 3 is 2.69 bits per heavy atom. The highest BCUT2D eigenvalue weighted by atomic mass is 32.1. The molecule has 1 saturated carbocycles. The minimum Gasteiger partial charge on any atom is -0.367 e. The first kappa shape index (κ1) is 22.3. The summed E-state index contributed by atoms with van der Waals surface area (Å²) in [5.41, 5.74) is 4.07. The van der Waals surface area contributed by atoms with Crippen LogP contribution in [0.4, 0.5) is 5.82 Å². The van der Waals surface area contributed by atoms with Gasteiger partial charge in [-0.15, -0.1) is 10.2 Å². The van der Waals surface area contributed by atoms with Crippen molar-refractivity contribution in [3.05, 3.63) is 47.1 Å². The highest BCUT2D eigenvalue weighted by Gasteiger charge is 2.21. The van der Waals surface area contributed by atoms with Crippen molar-refractivity contribution in [1.29, 1.82) is 0 Å². The second kappa shape index (κ2) is 10.1. The summed E-state index contributed by atoms with van der Waals surface area (Å²) in [5.74, 6) is 2.35. The molecular weight excluding hydrogens is 416 g/mol. The summed E-state index contributed by atoms with van der Waals surface area (Å²) in [6, 6.07) is 8.71. The summed E-state index contributed by atoms with van der Waals surface area (Å²) < 4.78 is 0. The first-order valence-electron chi connectivity index (χ1n) is 11.2. The third-order valence-electron chi connectivity index (χ3n) is 5.94. The Morgan fingerprint density at radius 1 is 1.19 bits per heavy atom. The summed E-state index contributed by atoms with van der Waals surface area (Å²) in [6.07, 6.45) is 10.6. The van der Waals surface area contributed by atoms with Crippen LogP contribution in [0.1, 0.15) is 50.1 Å². The zero-order chi connectivity index (χ0) is 22.5. The Balaban J connectivity index is 1.71. The molecule has 0 radical (unpaired) electrons. The number of nitrogens with zero attached hydrogens (tertiary/aromatic N) is 5. The van der Waals surface area contributed by atoms with E-state index in [-0.39, 0.29) is 0 Å². The minimum absolute atomic E-state index is 0.420. The Kier molecular flexibility index (Phi) is 7.05. The van der Waals surface area contributed by atoms with Gasteiger partial charge in [0.2, 0.25) is 0 Å². The van der Waals surface area contributed by atoms with Crippen LogP contribution in [0.25, 0.3) is 27.5 Å². The SMILES string of the molecule is C/C=C(\C=NC)c1cccc(-c2ncc(-c3nnc(C)s3)c(NC3CCC(C)CC3)n2)c1. The molecule has 7 heteroatoms. The van der Waals surface area contributed by atoms with Crippen LogP contribution in [-0.4, -0.2) is 39.5 Å². The number of allylic oxidation sites excluding steroid dienone is 2. The molecule has 0 amide bonds. The fraction of sp³-hybridized carbons (Fsp3) is 0.400. The standard InChI is InChI=1S/C25H30N6S/c1-5-18(14-26-4)19-7-6-8-20(13-19)23-27-15-22(25-31-30-17(3)32-25)24(29-23)28-21-11-9-16(2)10-12-21/h5-8,13-16,21H,9-12H2,1-4H3,(H,27,28,29)/b18-5+,26-14?. The quantitative estimate of drug-likeness (QED) is 0.465. The van der Waals surface area contributed by atoms with Gasteiger partial charge in [0.15, 0.2) is 10.8 Å². The topological polar surface area (TPSA) is 76.0 Å². The van der Waals surface area contributed by atoms with E-state index in [4.69, 9.17) is 9.97 Å². The molecule has 2 aromatic heterocycles. The van der Waals surface area contributed by atoms with E-state index in [0.717, 1.165) is 56.9 Å². The predicted octanol–water partition coefficient (Wildman–Crippen LogP) is 6.07. The molecule has 2 heterocycles. The Labute approximate surface area is 194 Å². The van der Waals surface area contributed by atoms with E-state index in [9.17, 15) is 0 Å². The third-order valence-corrected chi connectivity index (χ3v) is 6.81. The van der Waals surface area contributed by atoms with E-state index in [1.165, 1.54) is 12.8 Å². The number of anilines is 1. The van der Waals surface area contributed by atoms with Crippen molar-refractivity contribution in [2.45, 2.75) is 52.5 Å². The van der Waals surface area contributed by atoms with Crippen LogP contribution in [0, 0.1) is 12.8 Å². The van der Waals surface area contributed by atoms with Crippen LogP contribution in [0.5, 0.6) is 0 Å². The summed E-state index contributed by atoms with van der Waals surface area (Å²) in [6.45, 7) is 6.33.